The van der Waals surface area contributed by atoms with Crippen LogP contribution in [0.4, 0.5) is 5.69 Å². The van der Waals surface area contributed by atoms with Gasteiger partial charge in [0, 0.05) is 17.5 Å². The molecule has 0 saturated carbocycles. The van der Waals surface area contributed by atoms with Gasteiger partial charge in [0.1, 0.15) is 11.3 Å². The number of nitro groups is 1. The summed E-state index contributed by atoms with van der Waals surface area (Å²) in [7, 11) is 0. The maximum absolute atomic E-state index is 10.6. The van der Waals surface area contributed by atoms with Crippen molar-refractivity contribution in [3.05, 3.63) is 76.0 Å². The monoisotopic (exact) mass is 282 g/mol. The summed E-state index contributed by atoms with van der Waals surface area (Å²) in [5.74, 6) is 0.717. The van der Waals surface area contributed by atoms with Crippen molar-refractivity contribution >= 4 is 16.7 Å². The van der Waals surface area contributed by atoms with Gasteiger partial charge in [-0.25, -0.2) is 0 Å². The molecule has 5 heteroatoms. The minimum atomic E-state index is -0.414. The molecule has 1 atom stereocenters. The summed E-state index contributed by atoms with van der Waals surface area (Å²) in [5, 5.41) is 11.6. The number of nitrogens with two attached hydrogens (primary N) is 1. The molecule has 0 aliphatic rings. The van der Waals surface area contributed by atoms with Crippen LogP contribution in [0.1, 0.15) is 17.4 Å². The number of para-hydroxylation sites is 1. The summed E-state index contributed by atoms with van der Waals surface area (Å²) in [6.45, 7) is 0. The van der Waals surface area contributed by atoms with Crippen molar-refractivity contribution in [1.82, 2.24) is 0 Å². The van der Waals surface area contributed by atoms with E-state index in [2.05, 4.69) is 0 Å². The third-order valence-electron chi connectivity index (χ3n) is 3.41. The normalized spacial score (nSPS) is 12.4. The Morgan fingerprint density at radius 3 is 2.52 bits per heavy atom. The highest BCUT2D eigenvalue weighted by Crippen LogP contribution is 2.25. The molecular weight excluding hydrogens is 268 g/mol. The predicted molar refractivity (Wildman–Crippen MR) is 79.9 cm³/mol. The van der Waals surface area contributed by atoms with Gasteiger partial charge in [0.15, 0.2) is 0 Å². The van der Waals surface area contributed by atoms with Crippen molar-refractivity contribution < 1.29 is 9.34 Å². The topological polar surface area (TPSA) is 82.3 Å². The van der Waals surface area contributed by atoms with Crippen LogP contribution in [0.15, 0.2) is 59.0 Å². The van der Waals surface area contributed by atoms with Crippen LogP contribution < -0.4 is 5.73 Å². The van der Waals surface area contributed by atoms with Gasteiger partial charge in [-0.2, -0.15) is 0 Å². The van der Waals surface area contributed by atoms with Crippen molar-refractivity contribution in [1.29, 1.82) is 0 Å². The first-order valence-electron chi connectivity index (χ1n) is 6.61. The number of fused-ring (bicyclic) bond motifs is 1. The van der Waals surface area contributed by atoms with Crippen LogP contribution in [-0.4, -0.2) is 4.92 Å². The van der Waals surface area contributed by atoms with Crippen LogP contribution in [0.5, 0.6) is 0 Å². The molecule has 0 amide bonds. The molecule has 106 valence electrons. The fourth-order valence-corrected chi connectivity index (χ4v) is 2.29. The third-order valence-corrected chi connectivity index (χ3v) is 3.41. The number of furan rings is 1. The van der Waals surface area contributed by atoms with Crippen molar-refractivity contribution in [2.24, 2.45) is 5.73 Å². The number of nitrogens with zero attached hydrogens (tertiary/aromatic N) is 1. The molecule has 1 aromatic heterocycles. The summed E-state index contributed by atoms with van der Waals surface area (Å²) in [5.41, 5.74) is 7.99. The van der Waals surface area contributed by atoms with E-state index < -0.39 is 4.92 Å². The molecule has 0 radical (unpaired) electrons. The van der Waals surface area contributed by atoms with E-state index in [-0.39, 0.29) is 11.7 Å². The summed E-state index contributed by atoms with van der Waals surface area (Å²) < 4.78 is 5.73. The second kappa shape index (κ2) is 5.38. The van der Waals surface area contributed by atoms with Gasteiger partial charge in [0.2, 0.25) is 0 Å². The lowest BCUT2D eigenvalue weighted by atomic mass is 10.0. The Morgan fingerprint density at radius 1 is 1.14 bits per heavy atom. The summed E-state index contributed by atoms with van der Waals surface area (Å²) >= 11 is 0. The minimum Gasteiger partial charge on any atom is -0.459 e. The summed E-state index contributed by atoms with van der Waals surface area (Å²) in [6, 6.07) is 15.8. The fraction of sp³-hybridized carbons (Fsp3) is 0.125. The highest BCUT2D eigenvalue weighted by molar-refractivity contribution is 5.77. The van der Waals surface area contributed by atoms with Gasteiger partial charge >= 0.3 is 0 Å². The smallest absolute Gasteiger partial charge is 0.269 e. The average Bonchev–Trinajstić information content (AvgIpc) is 2.92. The maximum atomic E-state index is 10.6. The lowest BCUT2D eigenvalue weighted by Crippen LogP contribution is -2.12. The molecule has 5 nitrogen and oxygen atoms in total. The molecular formula is C16H14N2O3. The Bertz CT molecular complexity index is 745. The Labute approximate surface area is 121 Å². The number of hydrogen-bond donors (Lipinski definition) is 1. The van der Waals surface area contributed by atoms with Gasteiger partial charge in [-0.1, -0.05) is 30.3 Å². The Morgan fingerprint density at radius 2 is 1.86 bits per heavy atom. The molecule has 0 spiro atoms. The molecule has 0 bridgehead atoms. The molecule has 21 heavy (non-hydrogen) atoms. The zero-order valence-electron chi connectivity index (χ0n) is 11.2. The largest absolute Gasteiger partial charge is 0.459 e. The second-order valence-electron chi connectivity index (χ2n) is 4.92. The van der Waals surface area contributed by atoms with Crippen molar-refractivity contribution in [3.63, 3.8) is 0 Å². The molecule has 0 aliphatic carbocycles. The maximum Gasteiger partial charge on any atom is 0.269 e. The van der Waals surface area contributed by atoms with Crippen LogP contribution in [0.2, 0.25) is 0 Å². The van der Waals surface area contributed by atoms with Crippen LogP contribution >= 0.6 is 0 Å². The third kappa shape index (κ3) is 2.78. The van der Waals surface area contributed by atoms with Gasteiger partial charge in [-0.05, 0) is 24.1 Å². The molecule has 3 rings (SSSR count). The number of nitro benzene ring substituents is 1. The molecule has 0 aliphatic heterocycles. The van der Waals surface area contributed by atoms with E-state index in [0.717, 1.165) is 22.3 Å². The lowest BCUT2D eigenvalue weighted by Gasteiger charge is -2.08. The van der Waals surface area contributed by atoms with Gasteiger partial charge in [-0.3, -0.25) is 10.1 Å². The molecule has 2 aromatic carbocycles. The molecule has 1 heterocycles. The van der Waals surface area contributed by atoms with Crippen molar-refractivity contribution in [3.8, 4) is 0 Å². The first kappa shape index (κ1) is 13.3. The van der Waals surface area contributed by atoms with Crippen LogP contribution in [0.25, 0.3) is 11.0 Å². The van der Waals surface area contributed by atoms with Gasteiger partial charge < -0.3 is 10.2 Å². The standard InChI is InChI=1S/C16H14N2O3/c17-14(9-11-5-7-13(8-6-11)18(19)20)16-10-12-3-1-2-4-15(12)21-16/h1-8,10,14H,9,17H2. The van der Waals surface area contributed by atoms with Crippen LogP contribution in [-0.2, 0) is 6.42 Å². The van der Waals surface area contributed by atoms with Crippen LogP contribution in [0.3, 0.4) is 0 Å². The zero-order valence-corrected chi connectivity index (χ0v) is 11.2. The van der Waals surface area contributed by atoms with E-state index in [0.29, 0.717) is 6.42 Å². The molecule has 1 unspecified atom stereocenters. The number of hydrogen-bond acceptors (Lipinski definition) is 4. The van der Waals surface area contributed by atoms with E-state index in [9.17, 15) is 10.1 Å². The molecule has 0 fully saturated rings. The van der Waals surface area contributed by atoms with E-state index in [1.807, 2.05) is 30.3 Å². The second-order valence-corrected chi connectivity index (χ2v) is 4.92. The Kier molecular flexibility index (Phi) is 3.41. The summed E-state index contributed by atoms with van der Waals surface area (Å²) in [4.78, 5) is 10.2. The first-order valence-corrected chi connectivity index (χ1v) is 6.61. The minimum absolute atomic E-state index is 0.0797. The Hall–Kier alpha value is -2.66. The predicted octanol–water partition coefficient (Wildman–Crippen LogP) is 3.58. The van der Waals surface area contributed by atoms with Gasteiger partial charge in [0.05, 0.1) is 11.0 Å². The quantitative estimate of drug-likeness (QED) is 0.585. The van der Waals surface area contributed by atoms with E-state index in [1.165, 1.54) is 12.1 Å². The zero-order chi connectivity index (χ0) is 14.8. The molecule has 3 aromatic rings. The number of rotatable bonds is 4. The first-order chi connectivity index (χ1) is 10.1. The van der Waals surface area contributed by atoms with Crippen molar-refractivity contribution in [2.75, 3.05) is 0 Å². The SMILES string of the molecule is NC(Cc1ccc([N+](=O)[O-])cc1)c1cc2ccccc2o1. The fourth-order valence-electron chi connectivity index (χ4n) is 2.29. The lowest BCUT2D eigenvalue weighted by molar-refractivity contribution is -0.384. The molecule has 0 saturated heterocycles. The number of benzene rings is 2. The van der Waals surface area contributed by atoms with E-state index in [4.69, 9.17) is 10.2 Å². The number of non-ortho nitro benzene ring substituents is 1. The highest BCUT2D eigenvalue weighted by atomic mass is 16.6. The van der Waals surface area contributed by atoms with Crippen molar-refractivity contribution in [2.45, 2.75) is 12.5 Å². The highest BCUT2D eigenvalue weighted by Gasteiger charge is 2.13. The van der Waals surface area contributed by atoms with Crippen LogP contribution in [0, 0.1) is 10.1 Å². The Balaban J connectivity index is 1.78. The van der Waals surface area contributed by atoms with Gasteiger partial charge in [-0.15, -0.1) is 0 Å². The molecule has 2 N–H and O–H groups in total. The summed E-state index contributed by atoms with van der Waals surface area (Å²) in [6.07, 6.45) is 0.567. The average molecular weight is 282 g/mol. The van der Waals surface area contributed by atoms with E-state index >= 15 is 0 Å². The van der Waals surface area contributed by atoms with Gasteiger partial charge in [0.25, 0.3) is 5.69 Å². The van der Waals surface area contributed by atoms with E-state index in [1.54, 1.807) is 12.1 Å².